The highest BCUT2D eigenvalue weighted by atomic mass is 16.3. The third-order valence-corrected chi connectivity index (χ3v) is 4.10. The molecule has 1 saturated heterocycles. The summed E-state index contributed by atoms with van der Waals surface area (Å²) in [6.45, 7) is 6.59. The number of rotatable bonds is 6. The first kappa shape index (κ1) is 15.3. The molecule has 4 heteroatoms. The number of anilines is 1. The van der Waals surface area contributed by atoms with Crippen LogP contribution in [0.5, 0.6) is 0 Å². The molecule has 0 amide bonds. The van der Waals surface area contributed by atoms with E-state index in [4.69, 9.17) is 0 Å². The van der Waals surface area contributed by atoms with Crippen molar-refractivity contribution in [2.45, 2.75) is 51.6 Å². The van der Waals surface area contributed by atoms with E-state index in [1.54, 1.807) is 0 Å². The molecule has 0 radical (unpaired) electrons. The monoisotopic (exact) mass is 277 g/mol. The summed E-state index contributed by atoms with van der Waals surface area (Å²) >= 11 is 0. The standard InChI is InChI=1S/C16H27N3O/c1-3-9-17-13(2)14-7-8-16(18-11-14)19-10-5-4-6-15(19)12-20/h7-8,11,13,15,17,20H,3-6,9-10,12H2,1-2H3. The number of nitrogens with one attached hydrogen (secondary N) is 1. The molecule has 2 unspecified atom stereocenters. The summed E-state index contributed by atoms with van der Waals surface area (Å²) in [6.07, 6.45) is 6.56. The molecule has 1 fully saturated rings. The molecule has 20 heavy (non-hydrogen) atoms. The van der Waals surface area contributed by atoms with E-state index in [-0.39, 0.29) is 12.6 Å². The first-order valence-electron chi connectivity index (χ1n) is 7.83. The van der Waals surface area contributed by atoms with Crippen LogP contribution in [0, 0.1) is 0 Å². The van der Waals surface area contributed by atoms with Crippen molar-refractivity contribution in [1.82, 2.24) is 10.3 Å². The van der Waals surface area contributed by atoms with E-state index >= 15 is 0 Å². The fraction of sp³-hybridized carbons (Fsp3) is 0.688. The predicted octanol–water partition coefficient (Wildman–Crippen LogP) is 2.49. The quantitative estimate of drug-likeness (QED) is 0.839. The SMILES string of the molecule is CCCNC(C)c1ccc(N2CCCCC2CO)nc1. The average molecular weight is 277 g/mol. The Kier molecular flexibility index (Phi) is 5.80. The van der Waals surface area contributed by atoms with Crippen LogP contribution >= 0.6 is 0 Å². The highest BCUT2D eigenvalue weighted by molar-refractivity contribution is 5.41. The van der Waals surface area contributed by atoms with Gasteiger partial charge in [-0.05, 0) is 50.8 Å². The van der Waals surface area contributed by atoms with Crippen LogP contribution in [0.1, 0.15) is 51.1 Å². The van der Waals surface area contributed by atoms with Gasteiger partial charge >= 0.3 is 0 Å². The molecule has 2 N–H and O–H groups in total. The zero-order valence-corrected chi connectivity index (χ0v) is 12.7. The Balaban J connectivity index is 2.03. The summed E-state index contributed by atoms with van der Waals surface area (Å²) in [6, 6.07) is 4.82. The van der Waals surface area contributed by atoms with E-state index in [1.807, 2.05) is 6.20 Å². The van der Waals surface area contributed by atoms with E-state index < -0.39 is 0 Å². The van der Waals surface area contributed by atoms with Gasteiger partial charge in [-0.15, -0.1) is 0 Å². The fourth-order valence-electron chi connectivity index (χ4n) is 2.79. The molecular formula is C16H27N3O. The zero-order valence-electron chi connectivity index (χ0n) is 12.7. The van der Waals surface area contributed by atoms with E-state index in [0.717, 1.165) is 31.7 Å². The van der Waals surface area contributed by atoms with Gasteiger partial charge in [0, 0.05) is 18.8 Å². The summed E-state index contributed by atoms with van der Waals surface area (Å²) in [5, 5.41) is 13.0. The van der Waals surface area contributed by atoms with Gasteiger partial charge in [0.25, 0.3) is 0 Å². The first-order chi connectivity index (χ1) is 9.76. The minimum Gasteiger partial charge on any atom is -0.394 e. The van der Waals surface area contributed by atoms with Crippen molar-refractivity contribution in [3.63, 3.8) is 0 Å². The highest BCUT2D eigenvalue weighted by Gasteiger charge is 2.22. The van der Waals surface area contributed by atoms with Crippen LogP contribution in [0.2, 0.25) is 0 Å². The van der Waals surface area contributed by atoms with Crippen LogP contribution in [0.15, 0.2) is 18.3 Å². The maximum absolute atomic E-state index is 9.48. The molecule has 1 aromatic heterocycles. The maximum atomic E-state index is 9.48. The largest absolute Gasteiger partial charge is 0.394 e. The zero-order chi connectivity index (χ0) is 14.4. The topological polar surface area (TPSA) is 48.4 Å². The Morgan fingerprint density at radius 3 is 2.95 bits per heavy atom. The Bertz CT molecular complexity index is 393. The molecule has 2 heterocycles. The summed E-state index contributed by atoms with van der Waals surface area (Å²) in [5.41, 5.74) is 1.22. The number of piperidine rings is 1. The molecule has 0 spiro atoms. The molecule has 0 aliphatic carbocycles. The minimum absolute atomic E-state index is 0.220. The molecule has 4 nitrogen and oxygen atoms in total. The summed E-state index contributed by atoms with van der Waals surface area (Å²) in [7, 11) is 0. The molecule has 1 aliphatic heterocycles. The van der Waals surface area contributed by atoms with Gasteiger partial charge in [-0.25, -0.2) is 4.98 Å². The maximum Gasteiger partial charge on any atom is 0.128 e. The van der Waals surface area contributed by atoms with Crippen molar-refractivity contribution in [1.29, 1.82) is 0 Å². The molecule has 112 valence electrons. The van der Waals surface area contributed by atoms with Crippen molar-refractivity contribution in [2.24, 2.45) is 0 Å². The van der Waals surface area contributed by atoms with Crippen molar-refractivity contribution >= 4 is 5.82 Å². The van der Waals surface area contributed by atoms with Gasteiger partial charge in [-0.1, -0.05) is 13.0 Å². The fourth-order valence-corrected chi connectivity index (χ4v) is 2.79. The van der Waals surface area contributed by atoms with Crippen LogP contribution < -0.4 is 10.2 Å². The second kappa shape index (κ2) is 7.60. The molecule has 0 saturated carbocycles. The molecular weight excluding hydrogens is 250 g/mol. The first-order valence-corrected chi connectivity index (χ1v) is 7.83. The highest BCUT2D eigenvalue weighted by Crippen LogP contribution is 2.24. The summed E-state index contributed by atoms with van der Waals surface area (Å²) < 4.78 is 0. The predicted molar refractivity (Wildman–Crippen MR) is 83.0 cm³/mol. The Morgan fingerprint density at radius 2 is 2.30 bits per heavy atom. The Labute approximate surface area is 122 Å². The van der Waals surface area contributed by atoms with E-state index in [2.05, 4.69) is 41.2 Å². The number of hydrogen-bond donors (Lipinski definition) is 2. The van der Waals surface area contributed by atoms with Crippen molar-refractivity contribution in [3.05, 3.63) is 23.9 Å². The van der Waals surface area contributed by atoms with Gasteiger partial charge < -0.3 is 15.3 Å². The molecule has 2 atom stereocenters. The third-order valence-electron chi connectivity index (χ3n) is 4.10. The number of aliphatic hydroxyl groups excluding tert-OH is 1. The number of pyridine rings is 1. The summed E-state index contributed by atoms with van der Waals surface area (Å²) in [4.78, 5) is 6.85. The Morgan fingerprint density at radius 1 is 1.45 bits per heavy atom. The molecule has 0 bridgehead atoms. The third kappa shape index (κ3) is 3.70. The van der Waals surface area contributed by atoms with E-state index in [1.165, 1.54) is 18.4 Å². The van der Waals surface area contributed by atoms with Crippen LogP contribution in [0.3, 0.4) is 0 Å². The molecule has 0 aromatic carbocycles. The van der Waals surface area contributed by atoms with Crippen LogP contribution in [0.4, 0.5) is 5.82 Å². The smallest absolute Gasteiger partial charge is 0.128 e. The normalized spacial score (nSPS) is 20.9. The van der Waals surface area contributed by atoms with E-state index in [0.29, 0.717) is 6.04 Å². The van der Waals surface area contributed by atoms with Gasteiger partial charge in [0.15, 0.2) is 0 Å². The lowest BCUT2D eigenvalue weighted by atomic mass is 10.0. The summed E-state index contributed by atoms with van der Waals surface area (Å²) in [5.74, 6) is 0.996. The van der Waals surface area contributed by atoms with Gasteiger partial charge in [-0.2, -0.15) is 0 Å². The molecule has 1 aliphatic rings. The minimum atomic E-state index is 0.220. The number of nitrogens with zero attached hydrogens (tertiary/aromatic N) is 2. The number of aliphatic hydroxyl groups is 1. The van der Waals surface area contributed by atoms with Crippen molar-refractivity contribution in [3.8, 4) is 0 Å². The molecule has 1 aromatic rings. The van der Waals surface area contributed by atoms with Gasteiger partial charge in [-0.3, -0.25) is 0 Å². The number of aromatic nitrogens is 1. The number of hydrogen-bond acceptors (Lipinski definition) is 4. The van der Waals surface area contributed by atoms with Crippen LogP contribution in [0.25, 0.3) is 0 Å². The van der Waals surface area contributed by atoms with Crippen LogP contribution in [-0.4, -0.2) is 35.8 Å². The van der Waals surface area contributed by atoms with Crippen molar-refractivity contribution in [2.75, 3.05) is 24.6 Å². The average Bonchev–Trinajstić information content (AvgIpc) is 2.52. The molecule has 2 rings (SSSR count). The van der Waals surface area contributed by atoms with Gasteiger partial charge in [0.2, 0.25) is 0 Å². The Hall–Kier alpha value is -1.13. The van der Waals surface area contributed by atoms with E-state index in [9.17, 15) is 5.11 Å². The lowest BCUT2D eigenvalue weighted by Crippen LogP contribution is -2.42. The van der Waals surface area contributed by atoms with Gasteiger partial charge in [0.05, 0.1) is 12.6 Å². The second-order valence-electron chi connectivity index (χ2n) is 5.65. The second-order valence-corrected chi connectivity index (χ2v) is 5.65. The van der Waals surface area contributed by atoms with Gasteiger partial charge in [0.1, 0.15) is 5.82 Å². The van der Waals surface area contributed by atoms with Crippen LogP contribution in [-0.2, 0) is 0 Å². The lowest BCUT2D eigenvalue weighted by molar-refractivity contribution is 0.239. The van der Waals surface area contributed by atoms with Crippen molar-refractivity contribution < 1.29 is 5.11 Å². The lowest BCUT2D eigenvalue weighted by Gasteiger charge is -2.35.